The molecule has 7 rings (SSSR count). The number of ether oxygens (including phenoxy) is 1. The van der Waals surface area contributed by atoms with E-state index < -0.39 is 0 Å². The van der Waals surface area contributed by atoms with E-state index in [1.165, 1.54) is 0 Å². The number of hydrogen-bond acceptors (Lipinski definition) is 8. The Morgan fingerprint density at radius 1 is 0.765 bits per heavy atom. The number of aromatic nitrogens is 3. The molecule has 2 aromatic heterocycles. The first-order valence-electron chi connectivity index (χ1n) is 16.9. The number of aromatic amines is 1. The van der Waals surface area contributed by atoms with E-state index in [-0.39, 0.29) is 29.5 Å². The fraction of sp³-hybridized carbons (Fsp3) is 0.289. The van der Waals surface area contributed by atoms with Crippen LogP contribution in [0.15, 0.2) is 71.5 Å². The quantitative estimate of drug-likeness (QED) is 0.115. The Morgan fingerprint density at radius 2 is 1.39 bits per heavy atom. The van der Waals surface area contributed by atoms with Gasteiger partial charge in [0.15, 0.2) is 0 Å². The van der Waals surface area contributed by atoms with Gasteiger partial charge in [0.1, 0.15) is 5.82 Å². The third kappa shape index (κ3) is 7.62. The van der Waals surface area contributed by atoms with E-state index in [2.05, 4.69) is 31.2 Å². The van der Waals surface area contributed by atoms with Crippen molar-refractivity contribution in [1.29, 1.82) is 0 Å². The molecule has 5 N–H and O–H groups in total. The van der Waals surface area contributed by atoms with Crippen LogP contribution in [0.4, 0.5) is 0 Å². The summed E-state index contributed by atoms with van der Waals surface area (Å²) in [5.41, 5.74) is 5.70. The standard InChI is InChI=1S/C38H37Cl2N7O4/c1-51-38-22(17-41-18-23-10-14-33(48)43-23)9-13-30(46-38)28-7-3-6-27(36(28)40)26-5-2-4-25(35(26)39)21-8-12-29-31(16-21)45-32(47-37(29)50)20-42-19-24-11-15-34(49)44-24/h2-9,12-13,16,23-24,41-42H,10-11,14-15,17-20H2,1H3,(H,43,48)(H,44,49)(H,45,47,50)/t23-,24+/m1/s1. The van der Waals surface area contributed by atoms with E-state index in [0.29, 0.717) is 77.4 Å². The molecular weight excluding hydrogens is 689 g/mol. The lowest BCUT2D eigenvalue weighted by atomic mass is 9.96. The Balaban J connectivity index is 1.12. The van der Waals surface area contributed by atoms with E-state index in [0.717, 1.165) is 46.2 Å². The van der Waals surface area contributed by atoms with Gasteiger partial charge >= 0.3 is 0 Å². The van der Waals surface area contributed by atoms with E-state index in [1.807, 2.05) is 60.7 Å². The van der Waals surface area contributed by atoms with Crippen LogP contribution >= 0.6 is 23.2 Å². The van der Waals surface area contributed by atoms with Gasteiger partial charge in [0, 0.05) is 72.4 Å². The highest BCUT2D eigenvalue weighted by molar-refractivity contribution is 6.39. The zero-order chi connectivity index (χ0) is 35.5. The number of fused-ring (bicyclic) bond motifs is 1. The van der Waals surface area contributed by atoms with Gasteiger partial charge in [-0.1, -0.05) is 71.7 Å². The average molecular weight is 727 g/mol. The molecule has 13 heteroatoms. The Labute approximate surface area is 304 Å². The lowest BCUT2D eigenvalue weighted by Crippen LogP contribution is -2.35. The van der Waals surface area contributed by atoms with Crippen molar-refractivity contribution in [1.82, 2.24) is 36.2 Å². The molecule has 2 amide bonds. The van der Waals surface area contributed by atoms with Crippen LogP contribution < -0.4 is 31.6 Å². The van der Waals surface area contributed by atoms with E-state index in [4.69, 9.17) is 32.9 Å². The summed E-state index contributed by atoms with van der Waals surface area (Å²) in [6.45, 7) is 2.15. The highest BCUT2D eigenvalue weighted by Crippen LogP contribution is 2.42. The lowest BCUT2D eigenvalue weighted by molar-refractivity contribution is -0.120. The van der Waals surface area contributed by atoms with Crippen molar-refractivity contribution in [3.63, 3.8) is 0 Å². The number of H-pyrrole nitrogens is 1. The molecule has 0 unspecified atom stereocenters. The molecule has 0 spiro atoms. The van der Waals surface area contributed by atoms with Crippen LogP contribution in [-0.2, 0) is 22.7 Å². The van der Waals surface area contributed by atoms with Crippen molar-refractivity contribution >= 4 is 45.9 Å². The van der Waals surface area contributed by atoms with Crippen LogP contribution in [0.2, 0.25) is 10.0 Å². The largest absolute Gasteiger partial charge is 0.481 e. The monoisotopic (exact) mass is 725 g/mol. The van der Waals surface area contributed by atoms with Crippen LogP contribution in [0.1, 0.15) is 37.1 Å². The van der Waals surface area contributed by atoms with Gasteiger partial charge in [-0.05, 0) is 36.6 Å². The van der Waals surface area contributed by atoms with Crippen LogP contribution in [0.5, 0.6) is 5.88 Å². The van der Waals surface area contributed by atoms with Gasteiger partial charge in [0.2, 0.25) is 17.7 Å². The molecule has 2 saturated heterocycles. The molecule has 2 atom stereocenters. The summed E-state index contributed by atoms with van der Waals surface area (Å²) in [7, 11) is 1.59. The molecule has 3 aromatic carbocycles. The SMILES string of the molecule is COc1nc(-c2cccc(-c3cccc(-c4ccc5c(=O)nc(CNC[C@@H]6CCC(=O)N6)[nH]c5c4)c3Cl)c2Cl)ccc1CNC[C@H]1CCC(=O)N1. The van der Waals surface area contributed by atoms with Crippen LogP contribution in [-0.4, -0.2) is 59.0 Å². The third-order valence-electron chi connectivity index (χ3n) is 9.33. The van der Waals surface area contributed by atoms with Crippen molar-refractivity contribution in [2.45, 2.75) is 50.9 Å². The van der Waals surface area contributed by atoms with Gasteiger partial charge in [-0.2, -0.15) is 4.98 Å². The van der Waals surface area contributed by atoms with E-state index in [9.17, 15) is 14.4 Å². The van der Waals surface area contributed by atoms with E-state index in [1.54, 1.807) is 13.2 Å². The summed E-state index contributed by atoms with van der Waals surface area (Å²) in [6, 6.07) is 21.1. The number of halogens is 2. The number of nitrogens with zero attached hydrogens (tertiary/aromatic N) is 2. The number of nitrogens with one attached hydrogen (secondary N) is 5. The molecule has 5 aromatic rings. The first-order chi connectivity index (χ1) is 24.8. The molecular formula is C38H37Cl2N7O4. The molecule has 11 nitrogen and oxygen atoms in total. The van der Waals surface area contributed by atoms with Gasteiger partial charge in [-0.25, -0.2) is 4.98 Å². The second kappa shape index (κ2) is 15.2. The molecule has 0 bridgehead atoms. The smallest absolute Gasteiger partial charge is 0.280 e. The minimum Gasteiger partial charge on any atom is -0.481 e. The normalized spacial score (nSPS) is 17.2. The molecule has 0 aliphatic carbocycles. The minimum absolute atomic E-state index is 0.0605. The number of carbonyl (C=O) groups excluding carboxylic acids is 2. The number of pyridine rings is 1. The highest BCUT2D eigenvalue weighted by Gasteiger charge is 2.22. The molecule has 2 aliphatic rings. The van der Waals surface area contributed by atoms with Gasteiger partial charge in [0.05, 0.1) is 40.3 Å². The predicted octanol–water partition coefficient (Wildman–Crippen LogP) is 5.37. The molecule has 0 saturated carbocycles. The maximum absolute atomic E-state index is 12.9. The van der Waals surface area contributed by atoms with Gasteiger partial charge < -0.3 is 31.0 Å². The summed E-state index contributed by atoms with van der Waals surface area (Å²) < 4.78 is 5.65. The average Bonchev–Trinajstić information content (AvgIpc) is 3.75. The number of amides is 2. The maximum Gasteiger partial charge on any atom is 0.280 e. The fourth-order valence-electron chi connectivity index (χ4n) is 6.69. The lowest BCUT2D eigenvalue weighted by Gasteiger charge is -2.16. The first-order valence-corrected chi connectivity index (χ1v) is 17.7. The second-order valence-corrected chi connectivity index (χ2v) is 13.6. The molecule has 51 heavy (non-hydrogen) atoms. The number of hydrogen-bond donors (Lipinski definition) is 5. The number of carbonyl (C=O) groups is 2. The Hall–Kier alpha value is -4.81. The molecule has 4 heterocycles. The second-order valence-electron chi connectivity index (χ2n) is 12.8. The summed E-state index contributed by atoms with van der Waals surface area (Å²) in [5.74, 6) is 1.15. The maximum atomic E-state index is 12.9. The van der Waals surface area contributed by atoms with Crippen molar-refractivity contribution in [2.75, 3.05) is 20.2 Å². The predicted molar refractivity (Wildman–Crippen MR) is 199 cm³/mol. The zero-order valence-corrected chi connectivity index (χ0v) is 29.5. The van der Waals surface area contributed by atoms with Crippen molar-refractivity contribution in [3.8, 4) is 39.4 Å². The fourth-order valence-corrected chi connectivity index (χ4v) is 7.35. The third-order valence-corrected chi connectivity index (χ3v) is 10.1. The van der Waals surface area contributed by atoms with Gasteiger partial charge in [-0.3, -0.25) is 14.4 Å². The number of rotatable bonds is 12. The highest BCUT2D eigenvalue weighted by atomic mass is 35.5. The summed E-state index contributed by atoms with van der Waals surface area (Å²) in [4.78, 5) is 48.2. The van der Waals surface area contributed by atoms with Crippen molar-refractivity contribution < 1.29 is 14.3 Å². The summed E-state index contributed by atoms with van der Waals surface area (Å²) >= 11 is 14.2. The van der Waals surface area contributed by atoms with Crippen molar-refractivity contribution in [2.24, 2.45) is 0 Å². The molecule has 0 radical (unpaired) electrons. The first kappa shape index (κ1) is 34.6. The molecule has 2 fully saturated rings. The van der Waals surface area contributed by atoms with Crippen LogP contribution in [0, 0.1) is 0 Å². The van der Waals surface area contributed by atoms with Crippen molar-refractivity contribution in [3.05, 3.63) is 98.5 Å². The van der Waals surface area contributed by atoms with Crippen LogP contribution in [0.3, 0.4) is 0 Å². The Kier molecular flexibility index (Phi) is 10.3. The summed E-state index contributed by atoms with van der Waals surface area (Å²) in [6.07, 6.45) is 2.71. The number of benzene rings is 3. The minimum atomic E-state index is -0.321. The molecule has 2 aliphatic heterocycles. The topological polar surface area (TPSA) is 150 Å². The van der Waals surface area contributed by atoms with Gasteiger partial charge in [0.25, 0.3) is 5.56 Å². The zero-order valence-electron chi connectivity index (χ0n) is 27.9. The Morgan fingerprint density at radius 3 is 2.04 bits per heavy atom. The number of methoxy groups -OCH3 is 1. The van der Waals surface area contributed by atoms with E-state index >= 15 is 0 Å². The molecule has 262 valence electrons. The Bertz CT molecular complexity index is 2190. The summed E-state index contributed by atoms with van der Waals surface area (Å²) in [5, 5.41) is 14.0. The van der Waals surface area contributed by atoms with Gasteiger partial charge in [-0.15, -0.1) is 0 Å². The van der Waals surface area contributed by atoms with Crippen LogP contribution in [0.25, 0.3) is 44.4 Å².